The molecule has 2 rings (SSSR count). The number of alkyl halides is 1. The third-order valence-corrected chi connectivity index (χ3v) is 3.71. The molecule has 1 fully saturated rings. The maximum atomic E-state index is 6.18. The lowest BCUT2D eigenvalue weighted by molar-refractivity contribution is 0.452. The van der Waals surface area contributed by atoms with Crippen LogP contribution in [0.25, 0.3) is 0 Å². The molecule has 0 amide bonds. The first-order chi connectivity index (χ1) is 7.16. The number of piperidine rings is 1. The molecule has 0 spiro atoms. The summed E-state index contributed by atoms with van der Waals surface area (Å²) in [4.78, 5) is 6.58. The van der Waals surface area contributed by atoms with Crippen LogP contribution in [0.2, 0.25) is 5.02 Å². The van der Waals surface area contributed by atoms with Gasteiger partial charge in [-0.05, 0) is 24.5 Å². The van der Waals surface area contributed by atoms with Gasteiger partial charge in [-0.1, -0.05) is 18.5 Å². The van der Waals surface area contributed by atoms with Gasteiger partial charge in [-0.25, -0.2) is 4.98 Å². The molecule has 0 aromatic carbocycles. The molecule has 0 radical (unpaired) electrons. The second kappa shape index (κ2) is 4.58. The molecule has 2 heterocycles. The topological polar surface area (TPSA) is 16.1 Å². The van der Waals surface area contributed by atoms with E-state index in [1.54, 1.807) is 6.20 Å². The average Bonchev–Trinajstić information content (AvgIpc) is 2.23. The molecule has 2 atom stereocenters. The molecule has 0 bridgehead atoms. The highest BCUT2D eigenvalue weighted by atomic mass is 35.5. The van der Waals surface area contributed by atoms with Crippen LogP contribution in [0.3, 0.4) is 0 Å². The first-order valence-electron chi connectivity index (χ1n) is 5.17. The van der Waals surface area contributed by atoms with Crippen molar-refractivity contribution in [2.45, 2.75) is 18.7 Å². The predicted octanol–water partition coefficient (Wildman–Crippen LogP) is 3.19. The van der Waals surface area contributed by atoms with E-state index in [9.17, 15) is 0 Å². The van der Waals surface area contributed by atoms with E-state index in [1.807, 2.05) is 12.1 Å². The molecule has 1 saturated heterocycles. The van der Waals surface area contributed by atoms with Crippen molar-refractivity contribution in [3.05, 3.63) is 23.4 Å². The fourth-order valence-corrected chi connectivity index (χ4v) is 2.17. The quantitative estimate of drug-likeness (QED) is 0.706. The van der Waals surface area contributed by atoms with Crippen molar-refractivity contribution in [2.24, 2.45) is 5.92 Å². The summed E-state index contributed by atoms with van der Waals surface area (Å²) >= 11 is 12.0. The highest BCUT2D eigenvalue weighted by Gasteiger charge is 2.24. The lowest BCUT2D eigenvalue weighted by Crippen LogP contribution is -2.40. The van der Waals surface area contributed by atoms with Crippen LogP contribution >= 0.6 is 23.2 Å². The number of anilines is 1. The molecule has 1 aromatic heterocycles. The Balaban J connectivity index is 2.08. The summed E-state index contributed by atoms with van der Waals surface area (Å²) in [5.74, 6) is 1.51. The maximum Gasteiger partial charge on any atom is 0.128 e. The Morgan fingerprint density at radius 2 is 2.27 bits per heavy atom. The Hall–Kier alpha value is -0.470. The zero-order valence-electron chi connectivity index (χ0n) is 8.66. The normalized spacial score (nSPS) is 26.7. The van der Waals surface area contributed by atoms with Crippen LogP contribution in [-0.2, 0) is 0 Å². The summed E-state index contributed by atoms with van der Waals surface area (Å²) in [6.07, 6.45) is 2.71. The smallest absolute Gasteiger partial charge is 0.128 e. The first kappa shape index (κ1) is 11.0. The minimum Gasteiger partial charge on any atom is -0.356 e. The summed E-state index contributed by atoms with van der Waals surface area (Å²) in [5.41, 5.74) is 0. The van der Waals surface area contributed by atoms with Crippen molar-refractivity contribution in [1.82, 2.24) is 4.98 Å². The molecule has 4 heteroatoms. The van der Waals surface area contributed by atoms with Crippen LogP contribution < -0.4 is 4.90 Å². The van der Waals surface area contributed by atoms with Crippen LogP contribution in [0, 0.1) is 5.92 Å². The number of hydrogen-bond donors (Lipinski definition) is 0. The van der Waals surface area contributed by atoms with Gasteiger partial charge < -0.3 is 4.90 Å². The van der Waals surface area contributed by atoms with E-state index in [-0.39, 0.29) is 0 Å². The van der Waals surface area contributed by atoms with Crippen molar-refractivity contribution in [1.29, 1.82) is 0 Å². The second-order valence-electron chi connectivity index (χ2n) is 4.06. The highest BCUT2D eigenvalue weighted by Crippen LogP contribution is 2.25. The Labute approximate surface area is 100 Å². The molecular formula is C11H14Cl2N2. The number of halogens is 2. The number of hydrogen-bond acceptors (Lipinski definition) is 2. The van der Waals surface area contributed by atoms with Gasteiger partial charge in [-0.3, -0.25) is 0 Å². The van der Waals surface area contributed by atoms with E-state index in [2.05, 4.69) is 16.8 Å². The third-order valence-electron chi connectivity index (χ3n) is 2.84. The van der Waals surface area contributed by atoms with E-state index >= 15 is 0 Å². The minimum atomic E-state index is 0.300. The fourth-order valence-electron chi connectivity index (χ4n) is 1.88. The Morgan fingerprint density at radius 3 is 2.87 bits per heavy atom. The van der Waals surface area contributed by atoms with Crippen molar-refractivity contribution in [3.8, 4) is 0 Å². The van der Waals surface area contributed by atoms with Gasteiger partial charge in [0.2, 0.25) is 0 Å². The summed E-state index contributed by atoms with van der Waals surface area (Å²) in [5, 5.41) is 0.979. The van der Waals surface area contributed by atoms with Gasteiger partial charge in [-0.15, -0.1) is 11.6 Å². The van der Waals surface area contributed by atoms with E-state index in [1.165, 1.54) is 0 Å². The van der Waals surface area contributed by atoms with Gasteiger partial charge in [0.15, 0.2) is 0 Å². The summed E-state index contributed by atoms with van der Waals surface area (Å²) in [6.45, 7) is 4.13. The SMILES string of the molecule is CC1CN(c2ccc(Cl)cn2)CCC1Cl. The van der Waals surface area contributed by atoms with E-state index in [0.717, 1.165) is 25.3 Å². The predicted molar refractivity (Wildman–Crippen MR) is 64.9 cm³/mol. The molecule has 2 unspecified atom stereocenters. The standard InChI is InChI=1S/C11H14Cl2N2/c1-8-7-15(5-4-10(8)13)11-3-2-9(12)6-14-11/h2-3,6,8,10H,4-5,7H2,1H3. The van der Waals surface area contributed by atoms with Gasteiger partial charge in [0.1, 0.15) is 5.82 Å². The molecule has 2 nitrogen and oxygen atoms in total. The monoisotopic (exact) mass is 244 g/mol. The molecule has 15 heavy (non-hydrogen) atoms. The molecule has 82 valence electrons. The lowest BCUT2D eigenvalue weighted by atomic mass is 10.00. The fraction of sp³-hybridized carbons (Fsp3) is 0.545. The summed E-state index contributed by atoms with van der Waals surface area (Å²) in [7, 11) is 0. The van der Waals surface area contributed by atoms with E-state index in [4.69, 9.17) is 23.2 Å². The van der Waals surface area contributed by atoms with Gasteiger partial charge in [0, 0.05) is 24.7 Å². The van der Waals surface area contributed by atoms with Crippen LogP contribution in [0.1, 0.15) is 13.3 Å². The van der Waals surface area contributed by atoms with Crippen molar-refractivity contribution in [2.75, 3.05) is 18.0 Å². The molecule has 0 aliphatic carbocycles. The zero-order valence-corrected chi connectivity index (χ0v) is 10.2. The number of nitrogens with zero attached hydrogens (tertiary/aromatic N) is 2. The summed E-state index contributed by atoms with van der Waals surface area (Å²) in [6, 6.07) is 3.84. The van der Waals surface area contributed by atoms with Crippen LogP contribution in [0.4, 0.5) is 5.82 Å². The average molecular weight is 245 g/mol. The Morgan fingerprint density at radius 1 is 1.47 bits per heavy atom. The third kappa shape index (κ3) is 2.56. The number of pyridine rings is 1. The molecule has 0 saturated carbocycles. The molecule has 0 N–H and O–H groups in total. The summed E-state index contributed by atoms with van der Waals surface area (Å²) < 4.78 is 0. The Bertz CT molecular complexity index is 326. The van der Waals surface area contributed by atoms with Crippen molar-refractivity contribution in [3.63, 3.8) is 0 Å². The molecule has 1 aromatic rings. The van der Waals surface area contributed by atoms with Gasteiger partial charge >= 0.3 is 0 Å². The van der Waals surface area contributed by atoms with Gasteiger partial charge in [0.25, 0.3) is 0 Å². The van der Waals surface area contributed by atoms with Crippen molar-refractivity contribution < 1.29 is 0 Å². The largest absolute Gasteiger partial charge is 0.356 e. The van der Waals surface area contributed by atoms with E-state index < -0.39 is 0 Å². The van der Waals surface area contributed by atoms with Crippen LogP contribution in [0.15, 0.2) is 18.3 Å². The number of aromatic nitrogens is 1. The second-order valence-corrected chi connectivity index (χ2v) is 5.06. The first-order valence-corrected chi connectivity index (χ1v) is 5.99. The van der Waals surface area contributed by atoms with E-state index in [0.29, 0.717) is 16.3 Å². The van der Waals surface area contributed by atoms with Crippen LogP contribution in [0.5, 0.6) is 0 Å². The van der Waals surface area contributed by atoms with Crippen LogP contribution in [-0.4, -0.2) is 23.5 Å². The number of rotatable bonds is 1. The highest BCUT2D eigenvalue weighted by molar-refractivity contribution is 6.30. The van der Waals surface area contributed by atoms with Gasteiger partial charge in [0.05, 0.1) is 5.02 Å². The molecular weight excluding hydrogens is 231 g/mol. The lowest BCUT2D eigenvalue weighted by Gasteiger charge is -2.34. The Kier molecular flexibility index (Phi) is 3.37. The molecule has 1 aliphatic rings. The minimum absolute atomic E-state index is 0.300. The maximum absolute atomic E-state index is 6.18. The van der Waals surface area contributed by atoms with Crippen molar-refractivity contribution >= 4 is 29.0 Å². The molecule has 1 aliphatic heterocycles. The zero-order chi connectivity index (χ0) is 10.8. The van der Waals surface area contributed by atoms with Gasteiger partial charge in [-0.2, -0.15) is 0 Å².